The van der Waals surface area contributed by atoms with Crippen LogP contribution < -0.4 is 0 Å². The van der Waals surface area contributed by atoms with Crippen molar-refractivity contribution in [2.24, 2.45) is 0 Å². The first-order valence-electron chi connectivity index (χ1n) is 6.03. The molecule has 1 rings (SSSR count). The van der Waals surface area contributed by atoms with Gasteiger partial charge >= 0.3 is 0 Å². The fraction of sp³-hybridized carbons (Fsp3) is 1.00. The molecule has 0 bridgehead atoms. The summed E-state index contributed by atoms with van der Waals surface area (Å²) in [5.74, 6) is 0. The predicted octanol–water partition coefficient (Wildman–Crippen LogP) is 4.10. The zero-order valence-electron chi connectivity index (χ0n) is 9.36. The monoisotopic (exact) mass is 234 g/mol. The van der Waals surface area contributed by atoms with E-state index in [9.17, 15) is 0 Å². The van der Waals surface area contributed by atoms with Crippen molar-refractivity contribution in [2.75, 3.05) is 12.1 Å². The minimum Gasteiger partial charge on any atom is -0.416 e. The Morgan fingerprint density at radius 3 is 2.43 bits per heavy atom. The van der Waals surface area contributed by atoms with E-state index in [1.165, 1.54) is 50.6 Å². The Morgan fingerprint density at radius 2 is 1.86 bits per heavy atom. The molecule has 1 nitrogen and oxygen atoms in total. The van der Waals surface area contributed by atoms with Crippen molar-refractivity contribution in [2.45, 2.75) is 57.5 Å². The van der Waals surface area contributed by atoms with Gasteiger partial charge in [-0.1, -0.05) is 39.0 Å². The van der Waals surface area contributed by atoms with Crippen LogP contribution in [0.15, 0.2) is 0 Å². The molecule has 1 fully saturated rings. The first-order chi connectivity index (χ1) is 6.83. The van der Waals surface area contributed by atoms with E-state index < -0.39 is 8.32 Å². The summed E-state index contributed by atoms with van der Waals surface area (Å²) >= 11 is 6.09. The quantitative estimate of drug-likeness (QED) is 0.382. The van der Waals surface area contributed by atoms with Gasteiger partial charge in [0, 0.05) is 12.1 Å². The summed E-state index contributed by atoms with van der Waals surface area (Å²) in [7, 11) is -1.44. The molecule has 1 aliphatic rings. The lowest BCUT2D eigenvalue weighted by atomic mass is 10.3. The number of rotatable bonds is 6. The van der Waals surface area contributed by atoms with Crippen molar-refractivity contribution in [1.29, 1.82) is 0 Å². The van der Waals surface area contributed by atoms with E-state index in [0.717, 1.165) is 12.1 Å². The van der Waals surface area contributed by atoms with Crippen LogP contribution in [0.1, 0.15) is 45.4 Å². The molecule has 0 radical (unpaired) electrons. The number of hydrogen-bond acceptors (Lipinski definition) is 1. The standard InChI is InChI=1S/C11H23ClOSi/c1-2-3-5-8-13-14(11-12)9-6-4-7-10-14/h2-11H2,1H3. The summed E-state index contributed by atoms with van der Waals surface area (Å²) in [5, 5.41) is 0. The molecule has 0 atom stereocenters. The van der Waals surface area contributed by atoms with Gasteiger partial charge in [0.05, 0.1) is 0 Å². The SMILES string of the molecule is CCCCCO[Si]1(CCl)CCCCC1. The Balaban J connectivity index is 2.22. The third kappa shape index (κ3) is 3.91. The van der Waals surface area contributed by atoms with Gasteiger partial charge in [0.1, 0.15) is 0 Å². The van der Waals surface area contributed by atoms with E-state index >= 15 is 0 Å². The highest BCUT2D eigenvalue weighted by atomic mass is 35.5. The molecule has 14 heavy (non-hydrogen) atoms. The van der Waals surface area contributed by atoms with Gasteiger partial charge in [-0.2, -0.15) is 0 Å². The molecule has 3 heteroatoms. The molecular weight excluding hydrogens is 212 g/mol. The van der Waals surface area contributed by atoms with Crippen LogP contribution in [0.25, 0.3) is 0 Å². The van der Waals surface area contributed by atoms with Crippen molar-refractivity contribution >= 4 is 19.9 Å². The zero-order valence-corrected chi connectivity index (χ0v) is 11.1. The number of hydrogen-bond donors (Lipinski definition) is 0. The molecule has 0 aromatic carbocycles. The summed E-state index contributed by atoms with van der Waals surface area (Å²) in [5.41, 5.74) is 0.819. The maximum absolute atomic E-state index is 6.13. The molecule has 0 saturated carbocycles. The Hall–Kier alpha value is 0.467. The van der Waals surface area contributed by atoms with Crippen molar-refractivity contribution in [3.05, 3.63) is 0 Å². The zero-order chi connectivity index (χ0) is 10.3. The molecule has 0 aromatic rings. The smallest absolute Gasteiger partial charge is 0.207 e. The first-order valence-corrected chi connectivity index (χ1v) is 9.09. The second kappa shape index (κ2) is 6.86. The van der Waals surface area contributed by atoms with Gasteiger partial charge in [-0.3, -0.25) is 0 Å². The van der Waals surface area contributed by atoms with Gasteiger partial charge in [-0.15, -0.1) is 11.6 Å². The summed E-state index contributed by atoms with van der Waals surface area (Å²) in [6, 6.07) is 2.62. The Morgan fingerprint density at radius 1 is 1.14 bits per heavy atom. The average molecular weight is 235 g/mol. The summed E-state index contributed by atoms with van der Waals surface area (Å²) in [6.45, 7) is 3.20. The Labute approximate surface area is 94.3 Å². The molecule has 84 valence electrons. The topological polar surface area (TPSA) is 9.23 Å². The molecule has 0 amide bonds. The Bertz CT molecular complexity index is 146. The fourth-order valence-corrected chi connectivity index (χ4v) is 6.44. The first kappa shape index (κ1) is 12.5. The third-order valence-electron chi connectivity index (χ3n) is 3.16. The predicted molar refractivity (Wildman–Crippen MR) is 65.4 cm³/mol. The van der Waals surface area contributed by atoms with E-state index in [0.29, 0.717) is 0 Å². The van der Waals surface area contributed by atoms with Crippen LogP contribution in [0.2, 0.25) is 12.1 Å². The molecule has 1 saturated heterocycles. The van der Waals surface area contributed by atoms with Crippen LogP contribution in [-0.4, -0.2) is 20.4 Å². The summed E-state index contributed by atoms with van der Waals surface area (Å²) < 4.78 is 6.13. The van der Waals surface area contributed by atoms with Crippen molar-refractivity contribution < 1.29 is 4.43 Å². The van der Waals surface area contributed by atoms with Gasteiger partial charge in [0.2, 0.25) is 8.32 Å². The average Bonchev–Trinajstić information content (AvgIpc) is 2.26. The highest BCUT2D eigenvalue weighted by Gasteiger charge is 2.35. The minimum absolute atomic E-state index is 0.819. The van der Waals surface area contributed by atoms with Crippen LogP contribution in [0.3, 0.4) is 0 Å². The van der Waals surface area contributed by atoms with Gasteiger partial charge in [0.25, 0.3) is 0 Å². The van der Waals surface area contributed by atoms with E-state index in [1.54, 1.807) is 0 Å². The van der Waals surface area contributed by atoms with E-state index in [2.05, 4.69) is 6.92 Å². The molecule has 0 aliphatic carbocycles. The largest absolute Gasteiger partial charge is 0.416 e. The van der Waals surface area contributed by atoms with Crippen molar-refractivity contribution in [3.8, 4) is 0 Å². The van der Waals surface area contributed by atoms with Crippen LogP contribution >= 0.6 is 11.6 Å². The summed E-state index contributed by atoms with van der Waals surface area (Å²) in [6.07, 6.45) is 7.90. The van der Waals surface area contributed by atoms with Crippen LogP contribution in [-0.2, 0) is 4.43 Å². The lowest BCUT2D eigenvalue weighted by Gasteiger charge is -2.33. The van der Waals surface area contributed by atoms with E-state index in [1.807, 2.05) is 0 Å². The molecular formula is C11H23ClOSi. The summed E-state index contributed by atoms with van der Waals surface area (Å²) in [4.78, 5) is 0. The maximum atomic E-state index is 6.13. The molecule has 0 aromatic heterocycles. The van der Waals surface area contributed by atoms with Crippen molar-refractivity contribution in [3.63, 3.8) is 0 Å². The molecule has 0 N–H and O–H groups in total. The normalized spacial score (nSPS) is 21.0. The molecule has 1 aliphatic heterocycles. The van der Waals surface area contributed by atoms with Crippen LogP contribution in [0.5, 0.6) is 0 Å². The van der Waals surface area contributed by atoms with Gasteiger partial charge in [-0.05, 0) is 18.5 Å². The minimum atomic E-state index is -1.44. The lowest BCUT2D eigenvalue weighted by molar-refractivity contribution is 0.284. The second-order valence-electron chi connectivity index (χ2n) is 4.43. The number of halogens is 1. The van der Waals surface area contributed by atoms with Gasteiger partial charge in [-0.25, -0.2) is 0 Å². The van der Waals surface area contributed by atoms with Crippen LogP contribution in [0, 0.1) is 0 Å². The van der Waals surface area contributed by atoms with Gasteiger partial charge in [0.15, 0.2) is 0 Å². The molecule has 1 heterocycles. The lowest BCUT2D eigenvalue weighted by Crippen LogP contribution is -2.43. The number of alkyl halides is 1. The highest BCUT2D eigenvalue weighted by molar-refractivity contribution is 6.80. The second-order valence-corrected chi connectivity index (χ2v) is 9.16. The fourth-order valence-electron chi connectivity index (χ4n) is 2.15. The van der Waals surface area contributed by atoms with E-state index in [4.69, 9.17) is 16.0 Å². The third-order valence-corrected chi connectivity index (χ3v) is 8.46. The highest BCUT2D eigenvalue weighted by Crippen LogP contribution is 2.30. The Kier molecular flexibility index (Phi) is 6.14. The maximum Gasteiger partial charge on any atom is 0.207 e. The molecule has 0 spiro atoms. The number of unbranched alkanes of at least 4 members (excludes halogenated alkanes) is 2. The van der Waals surface area contributed by atoms with Crippen molar-refractivity contribution in [1.82, 2.24) is 0 Å². The van der Waals surface area contributed by atoms with E-state index in [-0.39, 0.29) is 0 Å². The van der Waals surface area contributed by atoms with Gasteiger partial charge < -0.3 is 4.43 Å². The molecule has 0 unspecified atom stereocenters. The van der Waals surface area contributed by atoms with Crippen LogP contribution in [0.4, 0.5) is 0 Å².